The van der Waals surface area contributed by atoms with E-state index in [1.165, 1.54) is 44.5 Å². The van der Waals surface area contributed by atoms with Crippen LogP contribution in [0.4, 0.5) is 10.5 Å². The van der Waals surface area contributed by atoms with E-state index in [0.29, 0.717) is 6.04 Å². The number of urea groups is 1. The van der Waals surface area contributed by atoms with Crippen molar-refractivity contribution >= 4 is 11.7 Å². The number of carbonyl (C=O) groups excluding carboxylic acids is 1. The highest BCUT2D eigenvalue weighted by Crippen LogP contribution is 2.16. The third kappa shape index (κ3) is 5.36. The molecule has 116 valence electrons. The van der Waals surface area contributed by atoms with E-state index in [-0.39, 0.29) is 0 Å². The van der Waals surface area contributed by atoms with Crippen molar-refractivity contribution in [3.05, 3.63) is 29.8 Å². The van der Waals surface area contributed by atoms with Gasteiger partial charge >= 0.3 is 6.03 Å². The molecule has 21 heavy (non-hydrogen) atoms. The molecule has 0 spiro atoms. The Bertz CT molecular complexity index is 440. The van der Waals surface area contributed by atoms with Crippen molar-refractivity contribution in [3.63, 3.8) is 0 Å². The Hall–Kier alpha value is -1.59. The van der Waals surface area contributed by atoms with Gasteiger partial charge in [0.15, 0.2) is 0 Å². The van der Waals surface area contributed by atoms with Crippen LogP contribution in [0.5, 0.6) is 0 Å². The molecule has 4 N–H and O–H groups in total. The number of carbonyl (C=O) groups is 1. The number of nitrogens with zero attached hydrogens (tertiary/aromatic N) is 1. The van der Waals surface area contributed by atoms with Gasteiger partial charge in [-0.15, -0.1) is 0 Å². The van der Waals surface area contributed by atoms with Crippen LogP contribution in [0.1, 0.15) is 37.8 Å². The number of benzene rings is 1. The summed E-state index contributed by atoms with van der Waals surface area (Å²) in [6.45, 7) is 6.92. The van der Waals surface area contributed by atoms with Crippen LogP contribution >= 0.6 is 0 Å². The number of hydrogen-bond acceptors (Lipinski definition) is 3. The lowest BCUT2D eigenvalue weighted by Gasteiger charge is -2.17. The third-order valence-electron chi connectivity index (χ3n) is 3.98. The van der Waals surface area contributed by atoms with Crippen molar-refractivity contribution in [2.75, 3.05) is 31.5 Å². The molecule has 0 saturated carbocycles. The summed E-state index contributed by atoms with van der Waals surface area (Å²) in [6, 6.07) is 7.57. The van der Waals surface area contributed by atoms with Gasteiger partial charge in [-0.1, -0.05) is 12.1 Å². The maximum atomic E-state index is 10.8. The molecule has 1 fully saturated rings. The van der Waals surface area contributed by atoms with Gasteiger partial charge in [0.25, 0.3) is 0 Å². The first kappa shape index (κ1) is 15.8. The Labute approximate surface area is 126 Å². The number of rotatable bonds is 7. The predicted molar refractivity (Wildman–Crippen MR) is 86.4 cm³/mol. The summed E-state index contributed by atoms with van der Waals surface area (Å²) in [4.78, 5) is 13.3. The summed E-state index contributed by atoms with van der Waals surface area (Å²) >= 11 is 0. The minimum absolute atomic E-state index is 0.311. The Morgan fingerprint density at radius 2 is 1.95 bits per heavy atom. The average molecular weight is 290 g/mol. The van der Waals surface area contributed by atoms with Gasteiger partial charge in [-0.2, -0.15) is 0 Å². The fraction of sp³-hybridized carbons (Fsp3) is 0.562. The molecule has 1 unspecified atom stereocenters. The normalized spacial score (nSPS) is 16.8. The number of hydrogen-bond donors (Lipinski definition) is 3. The molecule has 1 saturated heterocycles. The summed E-state index contributed by atoms with van der Waals surface area (Å²) in [5, 5.41) is 6.11. The summed E-state index contributed by atoms with van der Waals surface area (Å²) in [5.74, 6) is 0. The number of amides is 2. The van der Waals surface area contributed by atoms with Crippen LogP contribution in [-0.4, -0.2) is 37.1 Å². The first-order valence-corrected chi connectivity index (χ1v) is 7.77. The maximum Gasteiger partial charge on any atom is 0.316 e. The molecule has 0 aliphatic carbocycles. The molecule has 1 heterocycles. The lowest BCUT2D eigenvalue weighted by Crippen LogP contribution is -2.26. The van der Waals surface area contributed by atoms with Crippen molar-refractivity contribution in [2.45, 2.75) is 32.2 Å². The van der Waals surface area contributed by atoms with E-state index in [9.17, 15) is 4.79 Å². The van der Waals surface area contributed by atoms with E-state index in [0.717, 1.165) is 12.2 Å². The molecule has 1 atom stereocenters. The lowest BCUT2D eigenvalue weighted by molar-refractivity contribution is 0.259. The van der Waals surface area contributed by atoms with E-state index in [1.54, 1.807) is 0 Å². The second kappa shape index (κ2) is 8.00. The Morgan fingerprint density at radius 1 is 1.29 bits per heavy atom. The molecule has 5 heteroatoms. The fourth-order valence-electron chi connectivity index (χ4n) is 2.74. The van der Waals surface area contributed by atoms with E-state index < -0.39 is 6.03 Å². The predicted octanol–water partition coefficient (Wildman–Crippen LogP) is 2.31. The highest BCUT2D eigenvalue weighted by Gasteiger charge is 2.10. The van der Waals surface area contributed by atoms with Crippen LogP contribution in [0, 0.1) is 0 Å². The number of likely N-dealkylation sites (tertiary alicyclic amines) is 1. The molecule has 0 aromatic heterocycles. The van der Waals surface area contributed by atoms with Crippen molar-refractivity contribution < 1.29 is 4.79 Å². The van der Waals surface area contributed by atoms with Gasteiger partial charge in [-0.3, -0.25) is 0 Å². The van der Waals surface area contributed by atoms with Gasteiger partial charge < -0.3 is 21.3 Å². The largest absolute Gasteiger partial charge is 0.351 e. The summed E-state index contributed by atoms with van der Waals surface area (Å²) < 4.78 is 0. The van der Waals surface area contributed by atoms with Crippen molar-refractivity contribution in [1.29, 1.82) is 0 Å². The minimum atomic E-state index is -0.532. The first-order valence-electron chi connectivity index (χ1n) is 7.77. The molecular formula is C16H26N4O. The van der Waals surface area contributed by atoms with E-state index in [2.05, 4.69) is 22.5 Å². The highest BCUT2D eigenvalue weighted by atomic mass is 16.2. The van der Waals surface area contributed by atoms with Crippen LogP contribution in [0.2, 0.25) is 0 Å². The van der Waals surface area contributed by atoms with Crippen LogP contribution in [-0.2, 0) is 0 Å². The van der Waals surface area contributed by atoms with Crippen LogP contribution < -0.4 is 16.4 Å². The molecule has 1 aromatic carbocycles. The van der Waals surface area contributed by atoms with E-state index >= 15 is 0 Å². The fourth-order valence-corrected chi connectivity index (χ4v) is 2.74. The zero-order valence-corrected chi connectivity index (χ0v) is 12.8. The Kier molecular flexibility index (Phi) is 6.02. The van der Waals surface area contributed by atoms with Gasteiger partial charge in [-0.05, 0) is 70.1 Å². The monoisotopic (exact) mass is 290 g/mol. The Balaban J connectivity index is 1.69. The smallest absolute Gasteiger partial charge is 0.316 e. The first-order chi connectivity index (χ1) is 10.1. The molecule has 2 rings (SSSR count). The number of primary amides is 1. The molecule has 2 amide bonds. The zero-order valence-electron chi connectivity index (χ0n) is 12.8. The number of anilines is 1. The van der Waals surface area contributed by atoms with Crippen LogP contribution in [0.3, 0.4) is 0 Å². The van der Waals surface area contributed by atoms with Crippen LogP contribution in [0.25, 0.3) is 0 Å². The van der Waals surface area contributed by atoms with E-state index in [1.807, 2.05) is 24.3 Å². The van der Waals surface area contributed by atoms with Gasteiger partial charge in [0.2, 0.25) is 0 Å². The standard InChI is InChI=1S/C16H26N4O/c1-13(18-9-4-12-20-10-2-3-11-20)14-5-7-15(8-6-14)19-16(17)21/h5-8,13,18H,2-4,9-12H2,1H3,(H3,17,19,21). The maximum absolute atomic E-state index is 10.8. The lowest BCUT2D eigenvalue weighted by atomic mass is 10.1. The Morgan fingerprint density at radius 3 is 2.57 bits per heavy atom. The van der Waals surface area contributed by atoms with Gasteiger partial charge in [0.05, 0.1) is 0 Å². The van der Waals surface area contributed by atoms with Gasteiger partial charge in [-0.25, -0.2) is 4.79 Å². The zero-order chi connectivity index (χ0) is 15.1. The van der Waals surface area contributed by atoms with Gasteiger partial charge in [0.1, 0.15) is 0 Å². The summed E-state index contributed by atoms with van der Waals surface area (Å²) in [5.41, 5.74) is 7.03. The third-order valence-corrected chi connectivity index (χ3v) is 3.98. The van der Waals surface area contributed by atoms with Crippen molar-refractivity contribution in [1.82, 2.24) is 10.2 Å². The quantitative estimate of drug-likeness (QED) is 0.675. The average Bonchev–Trinajstić information content (AvgIpc) is 2.97. The number of nitrogens with one attached hydrogen (secondary N) is 2. The molecule has 5 nitrogen and oxygen atoms in total. The second-order valence-corrected chi connectivity index (χ2v) is 5.69. The number of nitrogens with two attached hydrogens (primary N) is 1. The topological polar surface area (TPSA) is 70.4 Å². The molecule has 1 aromatic rings. The summed E-state index contributed by atoms with van der Waals surface area (Å²) in [6.07, 6.45) is 3.90. The highest BCUT2D eigenvalue weighted by molar-refractivity contribution is 5.87. The van der Waals surface area contributed by atoms with Gasteiger partial charge in [0, 0.05) is 11.7 Å². The molecule has 1 aliphatic rings. The second-order valence-electron chi connectivity index (χ2n) is 5.69. The van der Waals surface area contributed by atoms with Crippen LogP contribution in [0.15, 0.2) is 24.3 Å². The van der Waals surface area contributed by atoms with E-state index in [4.69, 9.17) is 5.73 Å². The minimum Gasteiger partial charge on any atom is -0.351 e. The summed E-state index contributed by atoms with van der Waals surface area (Å²) in [7, 11) is 0. The molecular weight excluding hydrogens is 264 g/mol. The SMILES string of the molecule is CC(NCCCN1CCCC1)c1ccc(NC(N)=O)cc1. The van der Waals surface area contributed by atoms with Crippen molar-refractivity contribution in [2.24, 2.45) is 5.73 Å². The molecule has 1 aliphatic heterocycles. The van der Waals surface area contributed by atoms with Crippen molar-refractivity contribution in [3.8, 4) is 0 Å². The molecule has 0 radical (unpaired) electrons. The molecule has 0 bridgehead atoms.